The number of hydrogen-bond acceptors (Lipinski definition) is 4. The van der Waals surface area contributed by atoms with Crippen molar-refractivity contribution in [3.63, 3.8) is 0 Å². The smallest absolute Gasteiger partial charge is 0.245 e. The van der Waals surface area contributed by atoms with Crippen LogP contribution in [0.15, 0.2) is 23.4 Å². The van der Waals surface area contributed by atoms with Gasteiger partial charge in [-0.1, -0.05) is 0 Å². The highest BCUT2D eigenvalue weighted by molar-refractivity contribution is 8.01. The van der Waals surface area contributed by atoms with Crippen LogP contribution in [0.25, 0.3) is 0 Å². The molecular formula is C11H16N2O2S2. The van der Waals surface area contributed by atoms with Crippen molar-refractivity contribution < 1.29 is 8.42 Å². The first-order chi connectivity index (χ1) is 7.83. The Labute approximate surface area is 106 Å². The Balaban J connectivity index is 2.36. The number of rotatable bonds is 2. The van der Waals surface area contributed by atoms with Gasteiger partial charge in [-0.05, 0) is 32.4 Å². The van der Waals surface area contributed by atoms with E-state index in [4.69, 9.17) is 0 Å². The number of sulfonamides is 1. The van der Waals surface area contributed by atoms with Crippen LogP contribution in [-0.2, 0) is 10.0 Å². The summed E-state index contributed by atoms with van der Waals surface area (Å²) in [7, 11) is -3.39. The van der Waals surface area contributed by atoms with Crippen molar-refractivity contribution in [3.05, 3.63) is 24.0 Å². The fourth-order valence-electron chi connectivity index (χ4n) is 1.78. The predicted molar refractivity (Wildman–Crippen MR) is 69.4 cm³/mol. The molecule has 0 amide bonds. The summed E-state index contributed by atoms with van der Waals surface area (Å²) in [6, 6.07) is 1.72. The molecule has 1 aliphatic rings. The normalized spacial score (nSPS) is 20.6. The highest BCUT2D eigenvalue weighted by Crippen LogP contribution is 2.36. The summed E-state index contributed by atoms with van der Waals surface area (Å²) >= 11 is 1.66. The van der Waals surface area contributed by atoms with E-state index in [1.807, 2.05) is 0 Å². The number of thioether (sulfide) groups is 1. The maximum atomic E-state index is 12.4. The zero-order valence-corrected chi connectivity index (χ0v) is 11.8. The Kier molecular flexibility index (Phi) is 3.22. The van der Waals surface area contributed by atoms with Crippen molar-refractivity contribution in [2.24, 2.45) is 0 Å². The minimum Gasteiger partial charge on any atom is -0.263 e. The van der Waals surface area contributed by atoms with Crippen molar-refractivity contribution in [1.29, 1.82) is 0 Å². The number of nitrogens with zero attached hydrogens (tertiary/aromatic N) is 2. The third kappa shape index (κ3) is 2.48. The van der Waals surface area contributed by atoms with Crippen LogP contribution < -0.4 is 0 Å². The van der Waals surface area contributed by atoms with Crippen molar-refractivity contribution in [2.45, 2.75) is 30.4 Å². The minimum absolute atomic E-state index is 0.0107. The zero-order chi connectivity index (χ0) is 12.7. The molecule has 1 aromatic heterocycles. The summed E-state index contributed by atoms with van der Waals surface area (Å²) in [5.41, 5.74) is 0.745. The molecule has 1 aliphatic heterocycles. The SMILES string of the molecule is Cc1ccncc1S(=O)(=O)N1CSC(C)(C)C1. The van der Waals surface area contributed by atoms with Gasteiger partial charge in [-0.3, -0.25) is 4.98 Å². The molecule has 17 heavy (non-hydrogen) atoms. The zero-order valence-electron chi connectivity index (χ0n) is 10.2. The summed E-state index contributed by atoms with van der Waals surface area (Å²) in [5.74, 6) is 0.518. The van der Waals surface area contributed by atoms with Gasteiger partial charge < -0.3 is 0 Å². The van der Waals surface area contributed by atoms with Crippen LogP contribution in [0.5, 0.6) is 0 Å². The summed E-state index contributed by atoms with van der Waals surface area (Å²) < 4.78 is 26.4. The molecule has 0 radical (unpaired) electrons. The Bertz CT molecular complexity index is 526. The van der Waals surface area contributed by atoms with Gasteiger partial charge in [0.25, 0.3) is 0 Å². The van der Waals surface area contributed by atoms with Crippen LogP contribution in [0.4, 0.5) is 0 Å². The lowest BCUT2D eigenvalue weighted by atomic mass is 10.2. The van der Waals surface area contributed by atoms with Gasteiger partial charge in [-0.25, -0.2) is 8.42 Å². The lowest BCUT2D eigenvalue weighted by Gasteiger charge is -2.19. The fourth-order valence-corrected chi connectivity index (χ4v) is 4.84. The van der Waals surface area contributed by atoms with Crippen LogP contribution in [0.2, 0.25) is 0 Å². The molecule has 94 valence electrons. The molecule has 0 spiro atoms. The molecule has 0 aliphatic carbocycles. The summed E-state index contributed by atoms with van der Waals surface area (Å²) in [6.45, 7) is 6.46. The Hall–Kier alpha value is -0.590. The first kappa shape index (κ1) is 12.9. The summed E-state index contributed by atoms with van der Waals surface area (Å²) in [4.78, 5) is 4.22. The quantitative estimate of drug-likeness (QED) is 0.824. The van der Waals surface area contributed by atoms with E-state index in [0.29, 0.717) is 17.3 Å². The number of aromatic nitrogens is 1. The monoisotopic (exact) mass is 272 g/mol. The number of hydrogen-bond donors (Lipinski definition) is 0. The molecule has 0 N–H and O–H groups in total. The second-order valence-electron chi connectivity index (χ2n) is 4.79. The van der Waals surface area contributed by atoms with Crippen molar-refractivity contribution in [2.75, 3.05) is 12.4 Å². The molecule has 0 saturated carbocycles. The van der Waals surface area contributed by atoms with Gasteiger partial charge in [0.2, 0.25) is 10.0 Å². The molecule has 1 aromatic rings. The highest BCUT2D eigenvalue weighted by atomic mass is 32.2. The Morgan fingerprint density at radius 3 is 2.71 bits per heavy atom. The molecule has 0 aromatic carbocycles. The van der Waals surface area contributed by atoms with Gasteiger partial charge in [0.1, 0.15) is 4.90 Å². The maximum Gasteiger partial charge on any atom is 0.245 e. The third-order valence-electron chi connectivity index (χ3n) is 2.77. The summed E-state index contributed by atoms with van der Waals surface area (Å²) in [5, 5.41) is 0. The van der Waals surface area contributed by atoms with E-state index in [9.17, 15) is 8.42 Å². The van der Waals surface area contributed by atoms with E-state index < -0.39 is 10.0 Å². The molecule has 0 bridgehead atoms. The average molecular weight is 272 g/mol. The standard InChI is InChI=1S/C11H16N2O2S2/c1-9-4-5-12-6-10(9)17(14,15)13-7-11(2,3)16-8-13/h4-6H,7-8H2,1-3H3. The van der Waals surface area contributed by atoms with Crippen molar-refractivity contribution >= 4 is 21.8 Å². The van der Waals surface area contributed by atoms with E-state index >= 15 is 0 Å². The summed E-state index contributed by atoms with van der Waals surface area (Å²) in [6.07, 6.45) is 3.04. The van der Waals surface area contributed by atoms with E-state index in [2.05, 4.69) is 18.8 Å². The van der Waals surface area contributed by atoms with Crippen LogP contribution in [0.3, 0.4) is 0 Å². The molecule has 0 unspecified atom stereocenters. The third-order valence-corrected chi connectivity index (χ3v) is 6.20. The first-order valence-electron chi connectivity index (χ1n) is 5.38. The van der Waals surface area contributed by atoms with Crippen LogP contribution in [0, 0.1) is 6.92 Å². The molecule has 1 fully saturated rings. The van der Waals surface area contributed by atoms with Crippen molar-refractivity contribution in [1.82, 2.24) is 9.29 Å². The maximum absolute atomic E-state index is 12.4. The fraction of sp³-hybridized carbons (Fsp3) is 0.545. The van der Waals surface area contributed by atoms with Gasteiger partial charge >= 0.3 is 0 Å². The molecule has 6 heteroatoms. The molecular weight excluding hydrogens is 256 g/mol. The van der Waals surface area contributed by atoms with Crippen molar-refractivity contribution in [3.8, 4) is 0 Å². The highest BCUT2D eigenvalue weighted by Gasteiger charge is 2.38. The van der Waals surface area contributed by atoms with E-state index in [1.165, 1.54) is 10.5 Å². The second kappa shape index (κ2) is 4.26. The van der Waals surface area contributed by atoms with Crippen LogP contribution in [0.1, 0.15) is 19.4 Å². The minimum atomic E-state index is -3.39. The first-order valence-corrected chi connectivity index (χ1v) is 7.80. The number of pyridine rings is 1. The Morgan fingerprint density at radius 1 is 1.47 bits per heavy atom. The van der Waals surface area contributed by atoms with Gasteiger partial charge in [0.05, 0.1) is 5.88 Å². The molecule has 1 saturated heterocycles. The van der Waals surface area contributed by atoms with Crippen LogP contribution >= 0.6 is 11.8 Å². The van der Waals surface area contributed by atoms with E-state index in [-0.39, 0.29) is 4.75 Å². The van der Waals surface area contributed by atoms with Gasteiger partial charge in [-0.15, -0.1) is 11.8 Å². The largest absolute Gasteiger partial charge is 0.263 e. The molecule has 4 nitrogen and oxygen atoms in total. The lowest BCUT2D eigenvalue weighted by molar-refractivity contribution is 0.450. The van der Waals surface area contributed by atoms with Gasteiger partial charge in [-0.2, -0.15) is 4.31 Å². The average Bonchev–Trinajstić information content (AvgIpc) is 2.60. The second-order valence-corrected chi connectivity index (χ2v) is 8.35. The molecule has 2 rings (SSSR count). The number of aryl methyl sites for hydroxylation is 1. The van der Waals surface area contributed by atoms with E-state index in [0.717, 1.165) is 5.56 Å². The van der Waals surface area contributed by atoms with Crippen LogP contribution in [-0.4, -0.2) is 34.9 Å². The Morgan fingerprint density at radius 2 is 2.18 bits per heavy atom. The van der Waals surface area contributed by atoms with Gasteiger partial charge in [0.15, 0.2) is 0 Å². The molecule has 0 atom stereocenters. The predicted octanol–water partition coefficient (Wildman–Crippen LogP) is 1.86. The topological polar surface area (TPSA) is 50.3 Å². The molecule has 2 heterocycles. The van der Waals surface area contributed by atoms with E-state index in [1.54, 1.807) is 30.9 Å². The van der Waals surface area contributed by atoms with Gasteiger partial charge in [0, 0.05) is 23.7 Å². The lowest BCUT2D eigenvalue weighted by Crippen LogP contribution is -2.32.